The first kappa shape index (κ1) is 30.7. The van der Waals surface area contributed by atoms with Gasteiger partial charge in [0.25, 0.3) is 11.8 Å². The van der Waals surface area contributed by atoms with Crippen LogP contribution in [0.4, 0.5) is 10.8 Å². The maximum atomic E-state index is 13.4. The topological polar surface area (TPSA) is 100 Å². The van der Waals surface area contributed by atoms with Gasteiger partial charge in [-0.2, -0.15) is 0 Å². The molecule has 44 heavy (non-hydrogen) atoms. The quantitative estimate of drug-likeness (QED) is 0.107. The molecular formula is C34H27ClN4O3S2. The number of carbonyl (C=O) groups excluding carboxylic acids is 3. The highest BCUT2D eigenvalue weighted by atomic mass is 35.5. The third-order valence-electron chi connectivity index (χ3n) is 6.27. The van der Waals surface area contributed by atoms with E-state index in [9.17, 15) is 14.4 Å². The second-order valence-electron chi connectivity index (χ2n) is 9.65. The van der Waals surface area contributed by atoms with Gasteiger partial charge in [-0.25, -0.2) is 4.98 Å². The van der Waals surface area contributed by atoms with Crippen LogP contribution in [0.15, 0.2) is 119 Å². The zero-order chi connectivity index (χ0) is 30.9. The second-order valence-corrected chi connectivity index (χ2v) is 12.0. The van der Waals surface area contributed by atoms with E-state index >= 15 is 0 Å². The summed E-state index contributed by atoms with van der Waals surface area (Å²) in [6.07, 6.45) is 1.63. The highest BCUT2D eigenvalue weighted by Gasteiger charge is 2.16. The van der Waals surface area contributed by atoms with Crippen LogP contribution in [0.1, 0.15) is 21.5 Å². The molecule has 220 valence electrons. The minimum atomic E-state index is -0.477. The third kappa shape index (κ3) is 8.67. The fourth-order valence-corrected chi connectivity index (χ4v) is 5.64. The largest absolute Gasteiger partial charge is 0.321 e. The number of thioether (sulfide) groups is 1. The lowest BCUT2D eigenvalue weighted by molar-refractivity contribution is -0.114. The number of hydrogen-bond acceptors (Lipinski definition) is 6. The minimum Gasteiger partial charge on any atom is -0.321 e. The summed E-state index contributed by atoms with van der Waals surface area (Å²) < 4.78 is 0. The Morgan fingerprint density at radius 2 is 1.64 bits per heavy atom. The van der Waals surface area contributed by atoms with Crippen molar-refractivity contribution in [3.63, 3.8) is 0 Å². The van der Waals surface area contributed by atoms with Crippen molar-refractivity contribution in [1.29, 1.82) is 0 Å². The van der Waals surface area contributed by atoms with E-state index in [2.05, 4.69) is 20.9 Å². The Morgan fingerprint density at radius 1 is 0.886 bits per heavy atom. The van der Waals surface area contributed by atoms with Crippen molar-refractivity contribution >= 4 is 69.3 Å². The van der Waals surface area contributed by atoms with Gasteiger partial charge in [-0.1, -0.05) is 77.8 Å². The second kappa shape index (κ2) is 14.7. The first-order valence-corrected chi connectivity index (χ1v) is 15.8. The number of nitrogens with one attached hydrogen (secondary N) is 3. The molecule has 3 amide bonds. The summed E-state index contributed by atoms with van der Waals surface area (Å²) in [5, 5.41) is 11.5. The van der Waals surface area contributed by atoms with Gasteiger partial charge in [-0.3, -0.25) is 14.4 Å². The Morgan fingerprint density at radius 3 is 2.39 bits per heavy atom. The van der Waals surface area contributed by atoms with Crippen molar-refractivity contribution in [2.75, 3.05) is 16.4 Å². The molecule has 0 atom stereocenters. The van der Waals surface area contributed by atoms with E-state index in [4.69, 9.17) is 11.6 Å². The molecule has 0 unspecified atom stereocenters. The number of benzene rings is 4. The van der Waals surface area contributed by atoms with E-state index in [1.807, 2.05) is 60.8 Å². The van der Waals surface area contributed by atoms with Crippen molar-refractivity contribution in [1.82, 2.24) is 10.3 Å². The van der Waals surface area contributed by atoms with Gasteiger partial charge >= 0.3 is 0 Å². The Kier molecular flexibility index (Phi) is 10.2. The number of aromatic nitrogens is 1. The lowest BCUT2D eigenvalue weighted by Gasteiger charge is -2.12. The Labute approximate surface area is 268 Å². The van der Waals surface area contributed by atoms with E-state index in [0.29, 0.717) is 21.4 Å². The summed E-state index contributed by atoms with van der Waals surface area (Å²) in [6.45, 7) is 1.98. The highest BCUT2D eigenvalue weighted by molar-refractivity contribution is 8.00. The van der Waals surface area contributed by atoms with Gasteiger partial charge in [0.2, 0.25) is 5.91 Å². The van der Waals surface area contributed by atoms with Gasteiger partial charge in [-0.05, 0) is 61.0 Å². The first-order chi connectivity index (χ1) is 21.3. The van der Waals surface area contributed by atoms with E-state index in [1.165, 1.54) is 23.1 Å². The lowest BCUT2D eigenvalue weighted by atomic mass is 10.1. The van der Waals surface area contributed by atoms with Crippen molar-refractivity contribution in [2.24, 2.45) is 0 Å². The van der Waals surface area contributed by atoms with Crippen LogP contribution in [0, 0.1) is 6.92 Å². The standard InChI is InChI=1S/C34H27ClN4O3S2/c1-22-10-12-23(13-11-22)18-29(37-32(41)25-6-3-2-4-7-25)33(42)36-27-8-5-9-28(19-27)43-21-31(40)39-34-38-30(20-44-34)24-14-16-26(35)17-15-24/h2-20H,21H2,1H3,(H,36,42)(H,37,41)(H,38,39,40)/b29-18-. The number of anilines is 2. The Balaban J connectivity index is 1.22. The smallest absolute Gasteiger partial charge is 0.272 e. The van der Waals surface area contributed by atoms with Gasteiger partial charge in [0.15, 0.2) is 5.13 Å². The molecule has 5 rings (SSSR count). The average molecular weight is 639 g/mol. The van der Waals surface area contributed by atoms with Crippen molar-refractivity contribution in [3.05, 3.63) is 136 Å². The third-order valence-corrected chi connectivity index (χ3v) is 8.27. The molecule has 0 aliphatic rings. The van der Waals surface area contributed by atoms with Gasteiger partial charge in [0.05, 0.1) is 11.4 Å². The maximum Gasteiger partial charge on any atom is 0.272 e. The van der Waals surface area contributed by atoms with Crippen LogP contribution in [0.5, 0.6) is 0 Å². The average Bonchev–Trinajstić information content (AvgIpc) is 3.50. The molecule has 0 aliphatic heterocycles. The summed E-state index contributed by atoms with van der Waals surface area (Å²) in [4.78, 5) is 44.2. The normalized spacial score (nSPS) is 11.1. The predicted octanol–water partition coefficient (Wildman–Crippen LogP) is 7.91. The molecule has 5 aromatic rings. The number of hydrogen-bond donors (Lipinski definition) is 3. The maximum absolute atomic E-state index is 13.4. The fraction of sp³-hybridized carbons (Fsp3) is 0.0588. The molecule has 0 aliphatic carbocycles. The van der Waals surface area contributed by atoms with Gasteiger partial charge in [0.1, 0.15) is 5.70 Å². The first-order valence-electron chi connectivity index (χ1n) is 13.5. The van der Waals surface area contributed by atoms with Crippen molar-refractivity contribution in [2.45, 2.75) is 11.8 Å². The van der Waals surface area contributed by atoms with E-state index in [1.54, 1.807) is 60.7 Å². The predicted molar refractivity (Wildman–Crippen MR) is 180 cm³/mol. The number of aryl methyl sites for hydroxylation is 1. The summed E-state index contributed by atoms with van der Waals surface area (Å²) in [5.74, 6) is -0.919. The van der Waals surface area contributed by atoms with Crippen LogP contribution in [0.3, 0.4) is 0 Å². The molecule has 0 saturated heterocycles. The molecule has 3 N–H and O–H groups in total. The van der Waals surface area contributed by atoms with Crippen LogP contribution in [-0.4, -0.2) is 28.5 Å². The van der Waals surface area contributed by atoms with Crippen LogP contribution in [0.25, 0.3) is 17.3 Å². The molecule has 4 aromatic carbocycles. The summed E-state index contributed by atoms with van der Waals surface area (Å²) in [7, 11) is 0. The SMILES string of the molecule is Cc1ccc(/C=C(\NC(=O)c2ccccc2)C(=O)Nc2cccc(SCC(=O)Nc3nc(-c4ccc(Cl)cc4)cs3)c2)cc1. The zero-order valence-electron chi connectivity index (χ0n) is 23.5. The van der Waals surface area contributed by atoms with Crippen LogP contribution < -0.4 is 16.0 Å². The molecule has 0 bridgehead atoms. The fourth-order valence-electron chi connectivity index (χ4n) is 4.02. The molecule has 0 spiro atoms. The summed E-state index contributed by atoms with van der Waals surface area (Å²) in [6, 6.07) is 30.9. The monoisotopic (exact) mass is 638 g/mol. The molecule has 7 nitrogen and oxygen atoms in total. The molecule has 0 saturated carbocycles. The molecular weight excluding hydrogens is 612 g/mol. The zero-order valence-corrected chi connectivity index (χ0v) is 25.9. The van der Waals surface area contributed by atoms with Gasteiger partial charge < -0.3 is 16.0 Å². The van der Waals surface area contributed by atoms with E-state index in [-0.39, 0.29) is 17.4 Å². The van der Waals surface area contributed by atoms with Crippen molar-refractivity contribution < 1.29 is 14.4 Å². The molecule has 10 heteroatoms. The molecule has 1 heterocycles. The van der Waals surface area contributed by atoms with Crippen LogP contribution in [0.2, 0.25) is 5.02 Å². The molecule has 1 aromatic heterocycles. The minimum absolute atomic E-state index is 0.0987. The van der Waals surface area contributed by atoms with E-state index < -0.39 is 11.8 Å². The molecule has 0 fully saturated rings. The summed E-state index contributed by atoms with van der Waals surface area (Å²) >= 11 is 8.64. The van der Waals surface area contributed by atoms with E-state index in [0.717, 1.165) is 27.3 Å². The number of halogens is 1. The highest BCUT2D eigenvalue weighted by Crippen LogP contribution is 2.27. The van der Waals surface area contributed by atoms with Crippen LogP contribution in [-0.2, 0) is 9.59 Å². The lowest BCUT2D eigenvalue weighted by Crippen LogP contribution is -2.30. The molecule has 0 radical (unpaired) electrons. The Hall–Kier alpha value is -4.70. The number of rotatable bonds is 10. The summed E-state index contributed by atoms with van der Waals surface area (Å²) in [5.41, 5.74) is 4.58. The van der Waals surface area contributed by atoms with Crippen LogP contribution >= 0.6 is 34.7 Å². The van der Waals surface area contributed by atoms with Gasteiger partial charge in [0, 0.05) is 32.1 Å². The number of nitrogens with zero attached hydrogens (tertiary/aromatic N) is 1. The number of amides is 3. The number of thiazole rings is 1. The van der Waals surface area contributed by atoms with Crippen molar-refractivity contribution in [3.8, 4) is 11.3 Å². The Bertz CT molecular complexity index is 1800. The number of carbonyl (C=O) groups is 3. The van der Waals surface area contributed by atoms with Gasteiger partial charge in [-0.15, -0.1) is 23.1 Å².